The summed E-state index contributed by atoms with van der Waals surface area (Å²) in [6, 6.07) is 29.0. The number of piperazine rings is 1. The molecule has 1 atom stereocenters. The molecule has 5 heteroatoms. The maximum absolute atomic E-state index is 10.5. The molecule has 3 aromatic carbocycles. The van der Waals surface area contributed by atoms with Gasteiger partial charge < -0.3 is 9.84 Å². The number of benzene rings is 3. The Balaban J connectivity index is 1.33. The molecule has 0 unspecified atom stereocenters. The molecule has 4 nitrogen and oxygen atoms in total. The van der Waals surface area contributed by atoms with E-state index in [0.29, 0.717) is 17.3 Å². The molecule has 0 amide bonds. The fraction of sp³-hybridized carbons (Fsp3) is 0.308. The van der Waals surface area contributed by atoms with Crippen molar-refractivity contribution in [2.24, 2.45) is 0 Å². The Morgan fingerprint density at radius 2 is 1.32 bits per heavy atom. The maximum atomic E-state index is 10.5. The van der Waals surface area contributed by atoms with E-state index in [1.807, 2.05) is 18.2 Å². The molecule has 4 rings (SSSR count). The third-order valence-corrected chi connectivity index (χ3v) is 6.05. The van der Waals surface area contributed by atoms with Crippen molar-refractivity contribution in [1.29, 1.82) is 0 Å². The van der Waals surface area contributed by atoms with Crippen LogP contribution in [0.25, 0.3) is 0 Å². The van der Waals surface area contributed by atoms with Gasteiger partial charge in [-0.05, 0) is 23.3 Å². The van der Waals surface area contributed by atoms with Gasteiger partial charge in [0.1, 0.15) is 18.5 Å². The van der Waals surface area contributed by atoms with Crippen LogP contribution in [0.3, 0.4) is 0 Å². The fourth-order valence-corrected chi connectivity index (χ4v) is 4.38. The molecule has 0 radical (unpaired) electrons. The Labute approximate surface area is 189 Å². The van der Waals surface area contributed by atoms with Crippen molar-refractivity contribution in [2.75, 3.05) is 39.3 Å². The van der Waals surface area contributed by atoms with Crippen LogP contribution >= 0.6 is 11.6 Å². The summed E-state index contributed by atoms with van der Waals surface area (Å²) in [5, 5.41) is 11.0. The summed E-state index contributed by atoms with van der Waals surface area (Å²) in [5.74, 6) is 0.613. The lowest BCUT2D eigenvalue weighted by atomic mass is 9.96. The molecule has 31 heavy (non-hydrogen) atoms. The smallest absolute Gasteiger partial charge is 0.138 e. The SMILES string of the molecule is O[C@H](COc1ccccc1Cl)CN1CCN(C(c2ccccc2)c2ccccc2)CC1. The zero-order valence-electron chi connectivity index (χ0n) is 17.6. The van der Waals surface area contributed by atoms with E-state index in [4.69, 9.17) is 16.3 Å². The molecule has 0 aromatic heterocycles. The molecule has 162 valence electrons. The topological polar surface area (TPSA) is 35.9 Å². The number of hydrogen-bond donors (Lipinski definition) is 1. The number of nitrogens with zero attached hydrogens (tertiary/aromatic N) is 2. The van der Waals surface area contributed by atoms with E-state index in [1.54, 1.807) is 6.07 Å². The van der Waals surface area contributed by atoms with Gasteiger partial charge in [0.25, 0.3) is 0 Å². The van der Waals surface area contributed by atoms with E-state index >= 15 is 0 Å². The predicted octanol–water partition coefficient (Wildman–Crippen LogP) is 4.49. The van der Waals surface area contributed by atoms with Gasteiger partial charge in [0.2, 0.25) is 0 Å². The molecule has 0 spiro atoms. The Hall–Kier alpha value is -2.37. The van der Waals surface area contributed by atoms with E-state index in [1.165, 1.54) is 11.1 Å². The summed E-state index contributed by atoms with van der Waals surface area (Å²) in [5.41, 5.74) is 2.63. The highest BCUT2D eigenvalue weighted by atomic mass is 35.5. The van der Waals surface area contributed by atoms with E-state index in [-0.39, 0.29) is 12.6 Å². The molecule has 1 aliphatic rings. The minimum absolute atomic E-state index is 0.237. The largest absolute Gasteiger partial charge is 0.489 e. The summed E-state index contributed by atoms with van der Waals surface area (Å²) in [7, 11) is 0. The lowest BCUT2D eigenvalue weighted by Crippen LogP contribution is -2.50. The van der Waals surface area contributed by atoms with Crippen LogP contribution in [0.2, 0.25) is 5.02 Å². The van der Waals surface area contributed by atoms with Crippen LogP contribution in [0.1, 0.15) is 17.2 Å². The summed E-state index contributed by atoms with van der Waals surface area (Å²) < 4.78 is 5.70. The molecule has 3 aromatic rings. The first-order valence-corrected chi connectivity index (χ1v) is 11.2. The third-order valence-electron chi connectivity index (χ3n) is 5.74. The number of para-hydroxylation sites is 1. The van der Waals surface area contributed by atoms with E-state index in [2.05, 4.69) is 70.5 Å². The van der Waals surface area contributed by atoms with Gasteiger partial charge in [-0.2, -0.15) is 0 Å². The van der Waals surface area contributed by atoms with Crippen LogP contribution in [-0.2, 0) is 0 Å². The number of hydrogen-bond acceptors (Lipinski definition) is 4. The number of aliphatic hydroxyl groups is 1. The summed E-state index contributed by atoms with van der Waals surface area (Å²) in [4.78, 5) is 4.85. The van der Waals surface area contributed by atoms with Gasteiger partial charge in [0.05, 0.1) is 11.1 Å². The number of ether oxygens (including phenoxy) is 1. The van der Waals surface area contributed by atoms with Crippen molar-refractivity contribution < 1.29 is 9.84 Å². The second-order valence-corrected chi connectivity index (χ2v) is 8.36. The molecular formula is C26H29ClN2O2. The lowest BCUT2D eigenvalue weighted by Gasteiger charge is -2.40. The Morgan fingerprint density at radius 3 is 1.90 bits per heavy atom. The summed E-state index contributed by atoms with van der Waals surface area (Å²) in [6.07, 6.45) is -0.554. The van der Waals surface area contributed by atoms with Gasteiger partial charge in [0.15, 0.2) is 0 Å². The minimum atomic E-state index is -0.554. The monoisotopic (exact) mass is 436 g/mol. The van der Waals surface area contributed by atoms with Crippen LogP contribution < -0.4 is 4.74 Å². The van der Waals surface area contributed by atoms with Crippen LogP contribution in [0.4, 0.5) is 0 Å². The third kappa shape index (κ3) is 5.86. The van der Waals surface area contributed by atoms with Gasteiger partial charge in [-0.3, -0.25) is 9.80 Å². The van der Waals surface area contributed by atoms with Crippen molar-refractivity contribution in [2.45, 2.75) is 12.1 Å². The normalized spacial score (nSPS) is 16.4. The Morgan fingerprint density at radius 1 is 0.774 bits per heavy atom. The molecule has 1 N–H and O–H groups in total. The Kier molecular flexibility index (Phi) is 7.60. The number of halogens is 1. The van der Waals surface area contributed by atoms with E-state index < -0.39 is 6.10 Å². The van der Waals surface area contributed by atoms with Crippen LogP contribution in [0.15, 0.2) is 84.9 Å². The number of β-amino-alcohol motifs (C(OH)–C–C–N with tert-alkyl or cyclic N) is 1. The average molecular weight is 437 g/mol. The zero-order chi connectivity index (χ0) is 21.5. The first-order valence-electron chi connectivity index (χ1n) is 10.8. The molecule has 1 fully saturated rings. The molecule has 1 heterocycles. The van der Waals surface area contributed by atoms with Crippen LogP contribution in [0, 0.1) is 0 Å². The predicted molar refractivity (Wildman–Crippen MR) is 126 cm³/mol. The van der Waals surface area contributed by atoms with E-state index in [0.717, 1.165) is 26.2 Å². The van der Waals surface area contributed by atoms with Crippen molar-refractivity contribution in [3.05, 3.63) is 101 Å². The minimum Gasteiger partial charge on any atom is -0.489 e. The van der Waals surface area contributed by atoms with Gasteiger partial charge in [-0.25, -0.2) is 0 Å². The van der Waals surface area contributed by atoms with Crippen LogP contribution in [0.5, 0.6) is 5.75 Å². The van der Waals surface area contributed by atoms with Gasteiger partial charge in [-0.15, -0.1) is 0 Å². The van der Waals surface area contributed by atoms with Crippen molar-refractivity contribution in [3.63, 3.8) is 0 Å². The van der Waals surface area contributed by atoms with Crippen molar-refractivity contribution in [3.8, 4) is 5.75 Å². The molecule has 1 aliphatic heterocycles. The summed E-state index contributed by atoms with van der Waals surface area (Å²) in [6.45, 7) is 4.57. The second kappa shape index (κ2) is 10.8. The van der Waals surface area contributed by atoms with Crippen molar-refractivity contribution >= 4 is 11.6 Å². The molecular weight excluding hydrogens is 408 g/mol. The van der Waals surface area contributed by atoms with E-state index in [9.17, 15) is 5.11 Å². The van der Waals surface area contributed by atoms with Crippen molar-refractivity contribution in [1.82, 2.24) is 9.80 Å². The number of aliphatic hydroxyl groups excluding tert-OH is 1. The fourth-order valence-electron chi connectivity index (χ4n) is 4.19. The molecule has 0 bridgehead atoms. The highest BCUT2D eigenvalue weighted by Crippen LogP contribution is 2.29. The highest BCUT2D eigenvalue weighted by Gasteiger charge is 2.27. The standard InChI is InChI=1S/C26H29ClN2O2/c27-24-13-7-8-14-25(24)31-20-23(30)19-28-15-17-29(18-16-28)26(21-9-3-1-4-10-21)22-11-5-2-6-12-22/h1-14,23,26,30H,15-20H2/t23-/m0/s1. The van der Waals surface area contributed by atoms with Gasteiger partial charge >= 0.3 is 0 Å². The van der Waals surface area contributed by atoms with Crippen LogP contribution in [-0.4, -0.2) is 60.3 Å². The molecule has 0 saturated carbocycles. The maximum Gasteiger partial charge on any atom is 0.138 e. The Bertz CT molecular complexity index is 891. The first-order chi connectivity index (χ1) is 15.2. The second-order valence-electron chi connectivity index (χ2n) is 7.96. The highest BCUT2D eigenvalue weighted by molar-refractivity contribution is 6.32. The van der Waals surface area contributed by atoms with Gasteiger partial charge in [0, 0.05) is 32.7 Å². The first kappa shape index (κ1) is 21.8. The average Bonchev–Trinajstić information content (AvgIpc) is 2.81. The molecule has 0 aliphatic carbocycles. The quantitative estimate of drug-likeness (QED) is 0.564. The van der Waals surface area contributed by atoms with Gasteiger partial charge in [-0.1, -0.05) is 84.4 Å². The lowest BCUT2D eigenvalue weighted by molar-refractivity contribution is 0.0401. The zero-order valence-corrected chi connectivity index (χ0v) is 18.4. The molecule has 1 saturated heterocycles. The number of rotatable bonds is 8. The summed E-state index contributed by atoms with van der Waals surface area (Å²) >= 11 is 6.12.